The summed E-state index contributed by atoms with van der Waals surface area (Å²) < 4.78 is 9.47. The largest absolute Gasteiger partial charge is 0.481 e. The van der Waals surface area contributed by atoms with Crippen molar-refractivity contribution < 1.29 is 9.53 Å². The fraction of sp³-hybridized carbons (Fsp3) is 0.105. The molecule has 0 bridgehead atoms. The third-order valence-electron chi connectivity index (χ3n) is 3.74. The van der Waals surface area contributed by atoms with Crippen molar-refractivity contribution >= 4 is 71.5 Å². The molecule has 0 radical (unpaired) electrons. The predicted molar refractivity (Wildman–Crippen MR) is 124 cm³/mol. The van der Waals surface area contributed by atoms with Gasteiger partial charge < -0.3 is 4.74 Å². The number of carbonyl (C=O) groups excluding carboxylic acids is 1. The van der Waals surface area contributed by atoms with E-state index in [-0.39, 0.29) is 6.61 Å². The van der Waals surface area contributed by atoms with Crippen molar-refractivity contribution in [2.45, 2.75) is 6.92 Å². The molecule has 0 aliphatic carbocycles. The molecule has 0 saturated carbocycles. The Morgan fingerprint density at radius 3 is 2.55 bits per heavy atom. The average Bonchev–Trinajstić information content (AvgIpc) is 2.96. The Morgan fingerprint density at radius 2 is 1.90 bits per heavy atom. The van der Waals surface area contributed by atoms with Gasteiger partial charge in [0.05, 0.1) is 32.1 Å². The highest BCUT2D eigenvalue weighted by molar-refractivity contribution is 9.11. The SMILES string of the molecule is Cc1nn(-c2ccccc2)c(Cl)c1/C=N/NC(=O)COc1c(Br)cc(Br)cc1Br. The van der Waals surface area contributed by atoms with Crippen molar-refractivity contribution in [2.24, 2.45) is 5.10 Å². The predicted octanol–water partition coefficient (Wildman–Crippen LogP) is 5.65. The molecule has 0 saturated heterocycles. The summed E-state index contributed by atoms with van der Waals surface area (Å²) in [5, 5.41) is 8.80. The molecular weight excluding hydrogens is 591 g/mol. The van der Waals surface area contributed by atoms with Crippen LogP contribution in [-0.4, -0.2) is 28.5 Å². The maximum Gasteiger partial charge on any atom is 0.277 e. The number of hydrazone groups is 1. The zero-order valence-electron chi connectivity index (χ0n) is 15.0. The molecule has 2 aromatic carbocycles. The second kappa shape index (κ2) is 9.88. The molecule has 29 heavy (non-hydrogen) atoms. The van der Waals surface area contributed by atoms with E-state index in [2.05, 4.69) is 63.4 Å². The van der Waals surface area contributed by atoms with Gasteiger partial charge in [-0.1, -0.05) is 45.7 Å². The molecule has 6 nitrogen and oxygen atoms in total. The highest BCUT2D eigenvalue weighted by Gasteiger charge is 2.13. The first-order valence-electron chi connectivity index (χ1n) is 8.26. The van der Waals surface area contributed by atoms with E-state index in [0.717, 1.165) is 10.2 Å². The number of hydrogen-bond donors (Lipinski definition) is 1. The zero-order valence-corrected chi connectivity index (χ0v) is 20.5. The molecule has 3 aromatic rings. The summed E-state index contributed by atoms with van der Waals surface area (Å²) in [7, 11) is 0. The van der Waals surface area contributed by atoms with Crippen molar-refractivity contribution in [3.05, 3.63) is 72.3 Å². The van der Waals surface area contributed by atoms with Gasteiger partial charge in [-0.2, -0.15) is 10.2 Å². The van der Waals surface area contributed by atoms with Gasteiger partial charge in [0.15, 0.2) is 6.61 Å². The van der Waals surface area contributed by atoms with Gasteiger partial charge in [0, 0.05) is 4.47 Å². The van der Waals surface area contributed by atoms with Crippen LogP contribution in [0.5, 0.6) is 5.75 Å². The lowest BCUT2D eigenvalue weighted by molar-refractivity contribution is -0.123. The number of aryl methyl sites for hydroxylation is 1. The third kappa shape index (κ3) is 5.48. The van der Waals surface area contributed by atoms with Crippen LogP contribution in [0.2, 0.25) is 5.15 Å². The zero-order chi connectivity index (χ0) is 21.0. The Labute approximate surface area is 197 Å². The second-order valence-corrected chi connectivity index (χ2v) is 8.80. The van der Waals surface area contributed by atoms with Crippen LogP contribution in [0.25, 0.3) is 5.69 Å². The molecule has 1 heterocycles. The Hall–Kier alpha value is -1.68. The van der Waals surface area contributed by atoms with Crippen molar-refractivity contribution in [3.63, 3.8) is 0 Å². The van der Waals surface area contributed by atoms with Gasteiger partial charge in [0.1, 0.15) is 10.9 Å². The summed E-state index contributed by atoms with van der Waals surface area (Å²) in [6, 6.07) is 13.2. The third-order valence-corrected chi connectivity index (χ3v) is 5.74. The number of carbonyl (C=O) groups is 1. The van der Waals surface area contributed by atoms with Crippen molar-refractivity contribution in [3.8, 4) is 11.4 Å². The molecule has 3 rings (SSSR count). The molecule has 0 aliphatic rings. The number of aromatic nitrogens is 2. The summed E-state index contributed by atoms with van der Waals surface area (Å²) in [6.45, 7) is 1.62. The highest BCUT2D eigenvalue weighted by atomic mass is 79.9. The van der Waals surface area contributed by atoms with Crippen molar-refractivity contribution in [2.75, 3.05) is 6.61 Å². The van der Waals surface area contributed by atoms with Gasteiger partial charge >= 0.3 is 0 Å². The minimum Gasteiger partial charge on any atom is -0.481 e. The van der Waals surface area contributed by atoms with Crippen LogP contribution < -0.4 is 10.2 Å². The molecule has 0 unspecified atom stereocenters. The number of halogens is 4. The monoisotopic (exact) mass is 602 g/mol. The molecule has 10 heteroatoms. The van der Waals surface area contributed by atoms with Gasteiger partial charge in [0.25, 0.3) is 5.91 Å². The van der Waals surface area contributed by atoms with E-state index < -0.39 is 5.91 Å². The lowest BCUT2D eigenvalue weighted by Gasteiger charge is -2.09. The van der Waals surface area contributed by atoms with Gasteiger partial charge in [-0.25, -0.2) is 10.1 Å². The number of hydrogen-bond acceptors (Lipinski definition) is 4. The maximum atomic E-state index is 12.0. The topological polar surface area (TPSA) is 68.5 Å². The lowest BCUT2D eigenvalue weighted by atomic mass is 10.3. The molecule has 0 atom stereocenters. The van der Waals surface area contributed by atoms with Crippen LogP contribution in [0.15, 0.2) is 61.0 Å². The lowest BCUT2D eigenvalue weighted by Crippen LogP contribution is -2.24. The fourth-order valence-electron chi connectivity index (χ4n) is 2.40. The minimum atomic E-state index is -0.410. The van der Waals surface area contributed by atoms with Crippen LogP contribution in [0.3, 0.4) is 0 Å². The Kier molecular flexibility index (Phi) is 7.50. The maximum absolute atomic E-state index is 12.0. The van der Waals surface area contributed by atoms with Crippen LogP contribution in [0, 0.1) is 6.92 Å². The molecule has 1 N–H and O–H groups in total. The van der Waals surface area contributed by atoms with Crippen molar-refractivity contribution in [1.29, 1.82) is 0 Å². The van der Waals surface area contributed by atoms with E-state index in [1.54, 1.807) is 4.68 Å². The molecular formula is C19H14Br3ClN4O2. The average molecular weight is 606 g/mol. The van der Waals surface area contributed by atoms with Gasteiger partial charge in [-0.15, -0.1) is 0 Å². The van der Waals surface area contributed by atoms with Crippen LogP contribution in [0.4, 0.5) is 0 Å². The second-order valence-electron chi connectivity index (χ2n) is 5.82. The Morgan fingerprint density at radius 1 is 1.24 bits per heavy atom. The molecule has 0 fully saturated rings. The molecule has 0 aliphatic heterocycles. The standard InChI is InChI=1S/C19H14Br3ClN4O2/c1-11-14(19(23)27(26-11)13-5-3-2-4-6-13)9-24-25-17(28)10-29-18-15(21)7-12(20)8-16(18)22/h2-9H,10H2,1H3,(H,25,28)/b24-9+. The molecule has 1 aromatic heterocycles. The van der Waals surface area contributed by atoms with E-state index >= 15 is 0 Å². The summed E-state index contributed by atoms with van der Waals surface area (Å²) in [5.41, 5.74) is 4.57. The number of nitrogens with zero attached hydrogens (tertiary/aromatic N) is 3. The van der Waals surface area contributed by atoms with E-state index in [0.29, 0.717) is 31.1 Å². The highest BCUT2D eigenvalue weighted by Crippen LogP contribution is 2.36. The van der Waals surface area contributed by atoms with E-state index in [4.69, 9.17) is 16.3 Å². The summed E-state index contributed by atoms with van der Waals surface area (Å²) in [4.78, 5) is 12.0. The quantitative estimate of drug-likeness (QED) is 0.292. The minimum absolute atomic E-state index is 0.202. The number of ether oxygens (including phenoxy) is 1. The van der Waals surface area contributed by atoms with Gasteiger partial charge in [0.2, 0.25) is 0 Å². The van der Waals surface area contributed by atoms with Gasteiger partial charge in [-0.05, 0) is 63.0 Å². The van der Waals surface area contributed by atoms with Gasteiger partial charge in [-0.3, -0.25) is 4.79 Å². The summed E-state index contributed by atoms with van der Waals surface area (Å²) in [6.07, 6.45) is 1.47. The summed E-state index contributed by atoms with van der Waals surface area (Å²) >= 11 is 16.6. The number of nitrogens with one attached hydrogen (secondary N) is 1. The first-order chi connectivity index (χ1) is 13.9. The van der Waals surface area contributed by atoms with E-state index in [9.17, 15) is 4.79 Å². The first-order valence-corrected chi connectivity index (χ1v) is 11.0. The first kappa shape index (κ1) is 22.0. The van der Waals surface area contributed by atoms with Crippen LogP contribution in [0.1, 0.15) is 11.3 Å². The Balaban J connectivity index is 1.63. The number of rotatable bonds is 6. The number of para-hydroxylation sites is 1. The Bertz CT molecular complexity index is 1050. The molecule has 1 amide bonds. The van der Waals surface area contributed by atoms with Crippen LogP contribution in [-0.2, 0) is 4.79 Å². The fourth-order valence-corrected chi connectivity index (χ4v) is 5.21. The summed E-state index contributed by atoms with van der Waals surface area (Å²) in [5.74, 6) is 0.113. The van der Waals surface area contributed by atoms with Crippen molar-refractivity contribution in [1.82, 2.24) is 15.2 Å². The van der Waals surface area contributed by atoms with E-state index in [1.165, 1.54) is 6.21 Å². The molecule has 0 spiro atoms. The van der Waals surface area contributed by atoms with E-state index in [1.807, 2.05) is 49.4 Å². The number of benzene rings is 2. The number of amides is 1. The molecule has 150 valence electrons. The normalized spacial score (nSPS) is 11.1. The smallest absolute Gasteiger partial charge is 0.277 e. The van der Waals surface area contributed by atoms with Crippen LogP contribution >= 0.6 is 59.4 Å².